The zero-order valence-corrected chi connectivity index (χ0v) is 8.45. The lowest BCUT2D eigenvalue weighted by molar-refractivity contribution is 0.126. The summed E-state index contributed by atoms with van der Waals surface area (Å²) in [5, 5.41) is 0. The van der Waals surface area contributed by atoms with Gasteiger partial charge < -0.3 is 14.0 Å². The molecule has 6 heteroatoms. The summed E-state index contributed by atoms with van der Waals surface area (Å²) in [4.78, 5) is 10.5. The Bertz CT molecular complexity index is 205. The van der Waals surface area contributed by atoms with Gasteiger partial charge in [0, 0.05) is 0 Å². The standard InChI is InChI=1S/C7H13O5P/c1-2-3-4-11-13(9)6-5-10-7(8)12-6/h6,13H,2-5H2,1H3. The molecule has 2 atom stereocenters. The molecule has 0 aliphatic carbocycles. The SMILES string of the molecule is CCCCO[PH](=O)C1COC(=O)O1. The van der Waals surface area contributed by atoms with E-state index in [1.165, 1.54) is 0 Å². The Morgan fingerprint density at radius 2 is 2.46 bits per heavy atom. The molecule has 0 spiro atoms. The first kappa shape index (κ1) is 10.5. The molecule has 0 aromatic heterocycles. The molecule has 0 radical (unpaired) electrons. The monoisotopic (exact) mass is 208 g/mol. The molecule has 0 bridgehead atoms. The van der Waals surface area contributed by atoms with Crippen molar-refractivity contribution in [1.82, 2.24) is 0 Å². The van der Waals surface area contributed by atoms with Crippen LogP contribution in [0, 0.1) is 0 Å². The molecular formula is C7H13O5P. The average molecular weight is 208 g/mol. The van der Waals surface area contributed by atoms with Crippen LogP contribution in [0.1, 0.15) is 19.8 Å². The minimum atomic E-state index is -2.29. The number of carbonyl (C=O) groups excluding carboxylic acids is 1. The van der Waals surface area contributed by atoms with Gasteiger partial charge in [-0.2, -0.15) is 0 Å². The molecule has 76 valence electrons. The van der Waals surface area contributed by atoms with Crippen LogP contribution in [0.4, 0.5) is 4.79 Å². The smallest absolute Gasteiger partial charge is 0.430 e. The van der Waals surface area contributed by atoms with E-state index >= 15 is 0 Å². The fourth-order valence-corrected chi connectivity index (χ4v) is 1.80. The van der Waals surface area contributed by atoms with Crippen LogP contribution in [-0.4, -0.2) is 25.2 Å². The summed E-state index contributed by atoms with van der Waals surface area (Å²) in [7, 11) is -2.29. The fourth-order valence-electron chi connectivity index (χ4n) is 0.854. The maximum atomic E-state index is 11.3. The van der Waals surface area contributed by atoms with E-state index in [4.69, 9.17) is 4.52 Å². The molecule has 1 fully saturated rings. The lowest BCUT2D eigenvalue weighted by Gasteiger charge is -2.06. The van der Waals surface area contributed by atoms with Crippen LogP contribution in [0.15, 0.2) is 0 Å². The van der Waals surface area contributed by atoms with Gasteiger partial charge in [0.25, 0.3) is 0 Å². The van der Waals surface area contributed by atoms with Crippen molar-refractivity contribution in [3.05, 3.63) is 0 Å². The van der Waals surface area contributed by atoms with E-state index < -0.39 is 20.0 Å². The van der Waals surface area contributed by atoms with Crippen molar-refractivity contribution in [2.45, 2.75) is 25.6 Å². The second-order valence-corrected chi connectivity index (χ2v) is 4.26. The Kier molecular flexibility index (Phi) is 4.25. The van der Waals surface area contributed by atoms with Gasteiger partial charge in [0.15, 0.2) is 0 Å². The number of hydrogen-bond acceptors (Lipinski definition) is 5. The predicted octanol–water partition coefficient (Wildman–Crippen LogP) is 1.77. The molecule has 1 heterocycles. The Morgan fingerprint density at radius 1 is 1.69 bits per heavy atom. The normalized spacial score (nSPS) is 23.8. The number of unbranched alkanes of at least 4 members (excludes halogenated alkanes) is 1. The van der Waals surface area contributed by atoms with E-state index in [0.29, 0.717) is 6.61 Å². The van der Waals surface area contributed by atoms with Crippen LogP contribution in [0.25, 0.3) is 0 Å². The molecule has 0 amide bonds. The van der Waals surface area contributed by atoms with Crippen molar-refractivity contribution in [2.24, 2.45) is 0 Å². The Morgan fingerprint density at radius 3 is 3.00 bits per heavy atom. The molecule has 2 unspecified atom stereocenters. The summed E-state index contributed by atoms with van der Waals surface area (Å²) in [6.07, 6.45) is 1.08. The molecule has 0 aromatic rings. The summed E-state index contributed by atoms with van der Waals surface area (Å²) in [6, 6.07) is 0. The number of ether oxygens (including phenoxy) is 2. The van der Waals surface area contributed by atoms with Crippen molar-refractivity contribution in [1.29, 1.82) is 0 Å². The average Bonchev–Trinajstić information content (AvgIpc) is 2.52. The van der Waals surface area contributed by atoms with Crippen molar-refractivity contribution in [3.8, 4) is 0 Å². The minimum absolute atomic E-state index is 0.0444. The second-order valence-electron chi connectivity index (χ2n) is 2.69. The lowest BCUT2D eigenvalue weighted by atomic mass is 10.4. The highest BCUT2D eigenvalue weighted by molar-refractivity contribution is 7.39. The third-order valence-electron chi connectivity index (χ3n) is 1.60. The van der Waals surface area contributed by atoms with Gasteiger partial charge in [-0.1, -0.05) is 13.3 Å². The van der Waals surface area contributed by atoms with E-state index in [9.17, 15) is 9.36 Å². The maximum Gasteiger partial charge on any atom is 0.509 e. The van der Waals surface area contributed by atoms with Gasteiger partial charge in [-0.3, -0.25) is 4.57 Å². The molecule has 0 N–H and O–H groups in total. The van der Waals surface area contributed by atoms with E-state index in [1.807, 2.05) is 6.92 Å². The van der Waals surface area contributed by atoms with Gasteiger partial charge in [0.1, 0.15) is 6.61 Å². The fraction of sp³-hybridized carbons (Fsp3) is 0.857. The van der Waals surface area contributed by atoms with Gasteiger partial charge in [-0.05, 0) is 6.42 Å². The number of rotatable bonds is 5. The zero-order chi connectivity index (χ0) is 9.68. The molecule has 1 aliphatic heterocycles. The van der Waals surface area contributed by atoms with Gasteiger partial charge in [-0.15, -0.1) is 0 Å². The van der Waals surface area contributed by atoms with E-state index in [1.54, 1.807) is 0 Å². The highest BCUT2D eigenvalue weighted by atomic mass is 31.1. The summed E-state index contributed by atoms with van der Waals surface area (Å²) >= 11 is 0. The van der Waals surface area contributed by atoms with Crippen molar-refractivity contribution in [3.63, 3.8) is 0 Å². The highest BCUT2D eigenvalue weighted by Crippen LogP contribution is 2.33. The Labute approximate surface area is 77.2 Å². The molecule has 0 aromatic carbocycles. The zero-order valence-electron chi connectivity index (χ0n) is 7.45. The molecule has 0 saturated carbocycles. The van der Waals surface area contributed by atoms with Gasteiger partial charge in [0.05, 0.1) is 6.61 Å². The Hall–Kier alpha value is -0.540. The number of hydrogen-bond donors (Lipinski definition) is 0. The van der Waals surface area contributed by atoms with Crippen LogP contribution in [0.2, 0.25) is 0 Å². The lowest BCUT2D eigenvalue weighted by Crippen LogP contribution is -2.05. The van der Waals surface area contributed by atoms with Crippen molar-refractivity contribution >= 4 is 14.2 Å². The second kappa shape index (κ2) is 5.25. The van der Waals surface area contributed by atoms with Gasteiger partial charge >= 0.3 is 6.16 Å². The maximum absolute atomic E-state index is 11.3. The summed E-state index contributed by atoms with van der Waals surface area (Å²) in [5.74, 6) is -0.686. The van der Waals surface area contributed by atoms with E-state index in [2.05, 4.69) is 9.47 Å². The van der Waals surface area contributed by atoms with Gasteiger partial charge in [0.2, 0.25) is 13.9 Å². The number of carbonyl (C=O) groups is 1. The topological polar surface area (TPSA) is 61.8 Å². The largest absolute Gasteiger partial charge is 0.509 e. The van der Waals surface area contributed by atoms with Crippen molar-refractivity contribution in [2.75, 3.05) is 13.2 Å². The van der Waals surface area contributed by atoms with Crippen LogP contribution < -0.4 is 0 Å². The van der Waals surface area contributed by atoms with E-state index in [0.717, 1.165) is 12.8 Å². The van der Waals surface area contributed by atoms with Crippen molar-refractivity contribution < 1.29 is 23.4 Å². The summed E-state index contributed by atoms with van der Waals surface area (Å²) < 4.78 is 25.4. The van der Waals surface area contributed by atoms with Crippen LogP contribution in [-0.2, 0) is 18.6 Å². The highest BCUT2D eigenvalue weighted by Gasteiger charge is 2.30. The molecular weight excluding hydrogens is 195 g/mol. The molecule has 1 rings (SSSR count). The first-order chi connectivity index (χ1) is 6.24. The predicted molar refractivity (Wildman–Crippen MR) is 46.1 cm³/mol. The first-order valence-corrected chi connectivity index (χ1v) is 5.63. The quantitative estimate of drug-likeness (QED) is 0.391. The van der Waals surface area contributed by atoms with Crippen LogP contribution in [0.3, 0.4) is 0 Å². The molecule has 5 nitrogen and oxygen atoms in total. The minimum Gasteiger partial charge on any atom is -0.430 e. The van der Waals surface area contributed by atoms with Crippen LogP contribution in [0.5, 0.6) is 0 Å². The van der Waals surface area contributed by atoms with Crippen LogP contribution >= 0.6 is 8.03 Å². The summed E-state index contributed by atoms with van der Waals surface area (Å²) in [6.45, 7) is 2.50. The van der Waals surface area contributed by atoms with E-state index in [-0.39, 0.29) is 6.61 Å². The first-order valence-electron chi connectivity index (χ1n) is 4.24. The Balaban J connectivity index is 2.20. The molecule has 13 heavy (non-hydrogen) atoms. The number of cyclic esters (lactones) is 2. The third kappa shape index (κ3) is 3.36. The summed E-state index contributed by atoms with van der Waals surface area (Å²) in [5.41, 5.74) is 0. The van der Waals surface area contributed by atoms with Gasteiger partial charge in [-0.25, -0.2) is 4.79 Å². The third-order valence-corrected chi connectivity index (χ3v) is 2.90. The molecule has 1 saturated heterocycles. The molecule has 1 aliphatic rings.